The molecule has 2 heterocycles. The van der Waals surface area contributed by atoms with Crippen LogP contribution in [0.1, 0.15) is 41.3 Å². The van der Waals surface area contributed by atoms with Gasteiger partial charge in [-0.25, -0.2) is 13.2 Å². The van der Waals surface area contributed by atoms with E-state index in [-0.39, 0.29) is 10.6 Å². The Bertz CT molecular complexity index is 895. The van der Waals surface area contributed by atoms with Crippen LogP contribution in [-0.4, -0.2) is 46.7 Å². The Balaban J connectivity index is 1.92. The molecule has 0 saturated carbocycles. The SMILES string of the molecule is Cc1ccc(Cn2cc(C(=O)O)c(S(=O)(=O)N3CCC(C)CC3)n2)cc1. The number of benzene rings is 1. The molecule has 1 aromatic heterocycles. The third-order valence-corrected chi connectivity index (χ3v) is 6.59. The van der Waals surface area contributed by atoms with Crippen molar-refractivity contribution in [2.24, 2.45) is 5.92 Å². The van der Waals surface area contributed by atoms with Crippen LogP contribution in [0.2, 0.25) is 0 Å². The molecule has 3 rings (SSSR count). The Morgan fingerprint density at radius 3 is 2.42 bits per heavy atom. The van der Waals surface area contributed by atoms with Gasteiger partial charge in [0, 0.05) is 19.3 Å². The van der Waals surface area contributed by atoms with E-state index < -0.39 is 16.0 Å². The first-order valence-corrected chi connectivity index (χ1v) is 10.1. The van der Waals surface area contributed by atoms with Gasteiger partial charge in [-0.1, -0.05) is 36.8 Å². The summed E-state index contributed by atoms with van der Waals surface area (Å²) in [5.41, 5.74) is 1.75. The molecule has 1 aliphatic heterocycles. The van der Waals surface area contributed by atoms with Crippen molar-refractivity contribution in [2.45, 2.75) is 38.3 Å². The molecular formula is C18H23N3O4S. The molecule has 1 aromatic carbocycles. The smallest absolute Gasteiger partial charge is 0.340 e. The molecule has 7 nitrogen and oxygen atoms in total. The maximum atomic E-state index is 12.9. The van der Waals surface area contributed by atoms with Crippen molar-refractivity contribution in [3.8, 4) is 0 Å². The standard InChI is InChI=1S/C18H23N3O4S/c1-13-3-5-15(6-4-13)11-20-12-16(18(22)23)17(19-20)26(24,25)21-9-7-14(2)8-10-21/h3-6,12,14H,7-11H2,1-2H3,(H,22,23). The van der Waals surface area contributed by atoms with Gasteiger partial charge < -0.3 is 5.11 Å². The van der Waals surface area contributed by atoms with Gasteiger partial charge in [-0.2, -0.15) is 9.40 Å². The summed E-state index contributed by atoms with van der Waals surface area (Å²) in [6.45, 7) is 5.17. The Morgan fingerprint density at radius 1 is 1.23 bits per heavy atom. The van der Waals surface area contributed by atoms with Gasteiger partial charge in [-0.3, -0.25) is 4.68 Å². The van der Waals surface area contributed by atoms with E-state index in [1.165, 1.54) is 15.2 Å². The minimum atomic E-state index is -3.92. The fourth-order valence-electron chi connectivity index (χ4n) is 3.05. The van der Waals surface area contributed by atoms with Crippen molar-refractivity contribution in [3.05, 3.63) is 47.2 Å². The van der Waals surface area contributed by atoms with Gasteiger partial charge in [0.25, 0.3) is 10.0 Å². The molecule has 1 aliphatic rings. The second-order valence-electron chi connectivity index (χ2n) is 6.92. The largest absolute Gasteiger partial charge is 0.478 e. The zero-order valence-electron chi connectivity index (χ0n) is 14.9. The molecule has 0 atom stereocenters. The summed E-state index contributed by atoms with van der Waals surface area (Å²) in [5.74, 6) is -0.816. The van der Waals surface area contributed by atoms with Crippen LogP contribution in [-0.2, 0) is 16.6 Å². The van der Waals surface area contributed by atoms with E-state index in [4.69, 9.17) is 0 Å². The molecule has 0 unspecified atom stereocenters. The third kappa shape index (κ3) is 3.81. The van der Waals surface area contributed by atoms with Crippen LogP contribution >= 0.6 is 0 Å². The number of carboxylic acids is 1. The van der Waals surface area contributed by atoms with Gasteiger partial charge >= 0.3 is 5.97 Å². The van der Waals surface area contributed by atoms with Crippen LogP contribution in [0, 0.1) is 12.8 Å². The minimum Gasteiger partial charge on any atom is -0.478 e. The van der Waals surface area contributed by atoms with Crippen molar-refractivity contribution in [2.75, 3.05) is 13.1 Å². The predicted molar refractivity (Wildman–Crippen MR) is 96.6 cm³/mol. The molecule has 0 aliphatic carbocycles. The van der Waals surface area contributed by atoms with Crippen molar-refractivity contribution in [1.82, 2.24) is 14.1 Å². The highest BCUT2D eigenvalue weighted by Gasteiger charge is 2.34. The van der Waals surface area contributed by atoms with Crippen molar-refractivity contribution < 1.29 is 18.3 Å². The van der Waals surface area contributed by atoms with E-state index >= 15 is 0 Å². The number of nitrogens with zero attached hydrogens (tertiary/aromatic N) is 3. The van der Waals surface area contributed by atoms with Crippen LogP contribution in [0.4, 0.5) is 0 Å². The molecule has 0 radical (unpaired) electrons. The Labute approximate surface area is 153 Å². The van der Waals surface area contributed by atoms with Gasteiger partial charge in [0.1, 0.15) is 5.56 Å². The third-order valence-electron chi connectivity index (χ3n) is 4.75. The number of sulfonamides is 1. The lowest BCUT2D eigenvalue weighted by Gasteiger charge is -2.28. The number of piperidine rings is 1. The summed E-state index contributed by atoms with van der Waals surface area (Å²) < 4.78 is 28.6. The van der Waals surface area contributed by atoms with E-state index in [2.05, 4.69) is 12.0 Å². The summed E-state index contributed by atoms with van der Waals surface area (Å²) in [7, 11) is -3.92. The highest BCUT2D eigenvalue weighted by Crippen LogP contribution is 2.25. The highest BCUT2D eigenvalue weighted by molar-refractivity contribution is 7.89. The number of rotatable bonds is 5. The van der Waals surface area contributed by atoms with Crippen LogP contribution in [0.15, 0.2) is 35.5 Å². The van der Waals surface area contributed by atoms with E-state index in [9.17, 15) is 18.3 Å². The molecule has 1 fully saturated rings. The lowest BCUT2D eigenvalue weighted by molar-refractivity contribution is 0.0692. The minimum absolute atomic E-state index is 0.282. The van der Waals surface area contributed by atoms with Gasteiger partial charge in [-0.05, 0) is 31.2 Å². The number of carboxylic acid groups (broad SMARTS) is 1. The van der Waals surface area contributed by atoms with Crippen LogP contribution in [0.5, 0.6) is 0 Å². The summed E-state index contributed by atoms with van der Waals surface area (Å²) in [4.78, 5) is 11.6. The average molecular weight is 377 g/mol. The maximum Gasteiger partial charge on any atom is 0.340 e. The molecule has 0 spiro atoms. The summed E-state index contributed by atoms with van der Waals surface area (Å²) in [6, 6.07) is 7.72. The van der Waals surface area contributed by atoms with E-state index in [1.807, 2.05) is 31.2 Å². The molecule has 0 bridgehead atoms. The van der Waals surface area contributed by atoms with Crippen LogP contribution < -0.4 is 0 Å². The number of carbonyl (C=O) groups is 1. The van der Waals surface area contributed by atoms with Gasteiger partial charge in [0.05, 0.1) is 6.54 Å². The lowest BCUT2D eigenvalue weighted by atomic mass is 10.0. The fourth-order valence-corrected chi connectivity index (χ4v) is 4.61. The average Bonchev–Trinajstić information content (AvgIpc) is 3.02. The van der Waals surface area contributed by atoms with Gasteiger partial charge in [-0.15, -0.1) is 0 Å². The summed E-state index contributed by atoms with van der Waals surface area (Å²) in [6.07, 6.45) is 2.83. The molecule has 140 valence electrons. The first kappa shape index (κ1) is 18.6. The normalized spacial score (nSPS) is 16.7. The van der Waals surface area contributed by atoms with E-state index in [1.54, 1.807) is 0 Å². The number of hydrogen-bond acceptors (Lipinski definition) is 4. The summed E-state index contributed by atoms with van der Waals surface area (Å²) >= 11 is 0. The molecular weight excluding hydrogens is 354 g/mol. The van der Waals surface area contributed by atoms with Crippen LogP contribution in [0.25, 0.3) is 0 Å². The number of hydrogen-bond donors (Lipinski definition) is 1. The first-order chi connectivity index (χ1) is 12.3. The van der Waals surface area contributed by atoms with Gasteiger partial charge in [0.15, 0.2) is 0 Å². The Kier molecular flexibility index (Phi) is 5.15. The van der Waals surface area contributed by atoms with E-state index in [0.717, 1.165) is 24.0 Å². The summed E-state index contributed by atoms with van der Waals surface area (Å²) in [5, 5.41) is 13.2. The predicted octanol–water partition coefficient (Wildman–Crippen LogP) is 2.36. The molecule has 2 aromatic rings. The second-order valence-corrected chi connectivity index (χ2v) is 8.78. The maximum absolute atomic E-state index is 12.9. The quantitative estimate of drug-likeness (QED) is 0.863. The number of aromatic carboxylic acids is 1. The number of aryl methyl sites for hydroxylation is 1. The van der Waals surface area contributed by atoms with Crippen molar-refractivity contribution in [1.29, 1.82) is 0 Å². The fraction of sp³-hybridized carbons (Fsp3) is 0.444. The molecule has 0 amide bonds. The lowest BCUT2D eigenvalue weighted by Crippen LogP contribution is -2.38. The zero-order valence-corrected chi connectivity index (χ0v) is 15.7. The van der Waals surface area contributed by atoms with Crippen molar-refractivity contribution in [3.63, 3.8) is 0 Å². The monoisotopic (exact) mass is 377 g/mol. The Morgan fingerprint density at radius 2 is 1.85 bits per heavy atom. The van der Waals surface area contributed by atoms with Crippen LogP contribution in [0.3, 0.4) is 0 Å². The molecule has 26 heavy (non-hydrogen) atoms. The first-order valence-electron chi connectivity index (χ1n) is 8.64. The molecule has 1 N–H and O–H groups in total. The highest BCUT2D eigenvalue weighted by atomic mass is 32.2. The Hall–Kier alpha value is -2.19. The van der Waals surface area contributed by atoms with Gasteiger partial charge in [0.2, 0.25) is 5.03 Å². The second kappa shape index (κ2) is 7.20. The molecule has 8 heteroatoms. The van der Waals surface area contributed by atoms with E-state index in [0.29, 0.717) is 25.6 Å². The topological polar surface area (TPSA) is 92.5 Å². The number of aromatic nitrogens is 2. The zero-order chi connectivity index (χ0) is 18.9. The molecule has 1 saturated heterocycles. The van der Waals surface area contributed by atoms with Crippen molar-refractivity contribution >= 4 is 16.0 Å².